The van der Waals surface area contributed by atoms with Gasteiger partial charge in [0.2, 0.25) is 0 Å². The molecule has 100 valence electrons. The molecule has 1 N–H and O–H groups in total. The number of amides is 1. The molecule has 2 rings (SSSR count). The smallest absolute Gasteiger partial charge is 0.277 e. The van der Waals surface area contributed by atoms with Gasteiger partial charge in [-0.2, -0.15) is 0 Å². The van der Waals surface area contributed by atoms with Crippen LogP contribution in [-0.4, -0.2) is 23.2 Å². The quantitative estimate of drug-likeness (QED) is 0.871. The Morgan fingerprint density at radius 2 is 2.32 bits per heavy atom. The zero-order chi connectivity index (χ0) is 13.8. The van der Waals surface area contributed by atoms with Crippen LogP contribution >= 0.6 is 11.6 Å². The second kappa shape index (κ2) is 5.81. The summed E-state index contributed by atoms with van der Waals surface area (Å²) < 4.78 is 9.82. The minimum Gasteiger partial charge on any atom is -0.377 e. The first-order valence-electron chi connectivity index (χ1n) is 5.48. The first-order valence-corrected chi connectivity index (χ1v) is 5.86. The topological polar surface area (TPSA) is 77.2 Å². The Balaban J connectivity index is 2.11. The number of carbonyl (C=O) groups is 1. The Labute approximate surface area is 114 Å². The second-order valence-electron chi connectivity index (χ2n) is 3.89. The molecule has 0 saturated heterocycles. The SMILES string of the molecule is COCc1cc(C(=O)Nc2cnc(Cl)cc2C)no1. The summed E-state index contributed by atoms with van der Waals surface area (Å²) in [5, 5.41) is 6.72. The molecular formula is C12H12ClN3O3. The third kappa shape index (κ3) is 3.30. The van der Waals surface area contributed by atoms with E-state index in [1.54, 1.807) is 6.07 Å². The van der Waals surface area contributed by atoms with Crippen LogP contribution in [0.2, 0.25) is 5.15 Å². The molecule has 0 unspecified atom stereocenters. The number of aromatic nitrogens is 2. The van der Waals surface area contributed by atoms with E-state index < -0.39 is 0 Å². The lowest BCUT2D eigenvalue weighted by Crippen LogP contribution is -2.13. The molecule has 0 spiro atoms. The van der Waals surface area contributed by atoms with Crippen molar-refractivity contribution >= 4 is 23.2 Å². The number of nitrogens with one attached hydrogen (secondary N) is 1. The number of methoxy groups -OCH3 is 1. The highest BCUT2D eigenvalue weighted by Crippen LogP contribution is 2.17. The first-order chi connectivity index (χ1) is 9.10. The van der Waals surface area contributed by atoms with Crippen molar-refractivity contribution in [3.8, 4) is 0 Å². The van der Waals surface area contributed by atoms with E-state index in [-0.39, 0.29) is 18.2 Å². The molecule has 0 aliphatic heterocycles. The van der Waals surface area contributed by atoms with Gasteiger partial charge in [0, 0.05) is 13.2 Å². The Hall–Kier alpha value is -1.92. The zero-order valence-electron chi connectivity index (χ0n) is 10.4. The van der Waals surface area contributed by atoms with Gasteiger partial charge in [0.15, 0.2) is 11.5 Å². The lowest BCUT2D eigenvalue weighted by Gasteiger charge is -2.05. The Morgan fingerprint density at radius 1 is 1.53 bits per heavy atom. The number of pyridine rings is 1. The van der Waals surface area contributed by atoms with Crippen LogP contribution in [0, 0.1) is 6.92 Å². The number of carbonyl (C=O) groups excluding carboxylic acids is 1. The van der Waals surface area contributed by atoms with Gasteiger partial charge in [0.05, 0.1) is 11.9 Å². The van der Waals surface area contributed by atoms with Crippen molar-refractivity contribution in [2.45, 2.75) is 13.5 Å². The van der Waals surface area contributed by atoms with Crippen LogP contribution in [0.25, 0.3) is 0 Å². The predicted molar refractivity (Wildman–Crippen MR) is 69.2 cm³/mol. The molecule has 0 aliphatic rings. The van der Waals surface area contributed by atoms with E-state index in [1.165, 1.54) is 19.4 Å². The lowest BCUT2D eigenvalue weighted by atomic mass is 10.2. The number of rotatable bonds is 4. The summed E-state index contributed by atoms with van der Waals surface area (Å²) in [7, 11) is 1.53. The summed E-state index contributed by atoms with van der Waals surface area (Å²) in [6, 6.07) is 3.19. The van der Waals surface area contributed by atoms with Gasteiger partial charge in [-0.05, 0) is 18.6 Å². The minimum atomic E-state index is -0.377. The number of ether oxygens (including phenoxy) is 1. The van der Waals surface area contributed by atoms with Crippen molar-refractivity contribution in [1.29, 1.82) is 0 Å². The molecule has 0 bridgehead atoms. The largest absolute Gasteiger partial charge is 0.377 e. The van der Waals surface area contributed by atoms with Crippen LogP contribution in [0.4, 0.5) is 5.69 Å². The third-order valence-corrected chi connectivity index (χ3v) is 2.61. The van der Waals surface area contributed by atoms with Crippen molar-refractivity contribution in [1.82, 2.24) is 10.1 Å². The zero-order valence-corrected chi connectivity index (χ0v) is 11.2. The molecule has 6 nitrogen and oxygen atoms in total. The van der Waals surface area contributed by atoms with E-state index in [1.807, 2.05) is 6.92 Å². The highest BCUT2D eigenvalue weighted by molar-refractivity contribution is 6.29. The lowest BCUT2D eigenvalue weighted by molar-refractivity contribution is 0.101. The molecule has 0 radical (unpaired) electrons. The van der Waals surface area contributed by atoms with Crippen molar-refractivity contribution in [3.63, 3.8) is 0 Å². The van der Waals surface area contributed by atoms with E-state index in [2.05, 4.69) is 15.5 Å². The molecule has 19 heavy (non-hydrogen) atoms. The minimum absolute atomic E-state index is 0.182. The molecule has 2 aromatic rings. The van der Waals surface area contributed by atoms with Crippen LogP contribution in [0.5, 0.6) is 0 Å². The fourth-order valence-electron chi connectivity index (χ4n) is 1.47. The summed E-state index contributed by atoms with van der Waals surface area (Å²) in [5.41, 5.74) is 1.57. The second-order valence-corrected chi connectivity index (χ2v) is 4.27. The Morgan fingerprint density at radius 3 is 3.00 bits per heavy atom. The monoisotopic (exact) mass is 281 g/mol. The summed E-state index contributed by atoms with van der Waals surface area (Å²) in [6.45, 7) is 2.09. The maximum absolute atomic E-state index is 11.9. The molecule has 0 aromatic carbocycles. The average Bonchev–Trinajstić information content (AvgIpc) is 2.82. The third-order valence-electron chi connectivity index (χ3n) is 2.40. The standard InChI is InChI=1S/C12H12ClN3O3/c1-7-3-11(13)14-5-10(7)15-12(17)9-4-8(6-18-2)19-16-9/h3-5H,6H2,1-2H3,(H,15,17). The van der Waals surface area contributed by atoms with Gasteiger partial charge >= 0.3 is 0 Å². The maximum Gasteiger partial charge on any atom is 0.277 e. The fourth-order valence-corrected chi connectivity index (χ4v) is 1.68. The number of nitrogens with zero attached hydrogens (tertiary/aromatic N) is 2. The van der Waals surface area contributed by atoms with E-state index in [9.17, 15) is 4.79 Å². The van der Waals surface area contributed by atoms with Crippen molar-refractivity contribution in [3.05, 3.63) is 40.5 Å². The van der Waals surface area contributed by atoms with Crippen LogP contribution in [0.15, 0.2) is 22.9 Å². The van der Waals surface area contributed by atoms with E-state index in [4.69, 9.17) is 20.9 Å². The van der Waals surface area contributed by atoms with Crippen molar-refractivity contribution in [2.75, 3.05) is 12.4 Å². The molecule has 0 atom stereocenters. The van der Waals surface area contributed by atoms with E-state index in [0.717, 1.165) is 5.56 Å². The molecule has 0 fully saturated rings. The number of hydrogen-bond donors (Lipinski definition) is 1. The van der Waals surface area contributed by atoms with Crippen molar-refractivity contribution in [2.24, 2.45) is 0 Å². The molecular weight excluding hydrogens is 270 g/mol. The summed E-state index contributed by atoms with van der Waals surface area (Å²) in [4.78, 5) is 15.8. The fraction of sp³-hybridized carbons (Fsp3) is 0.250. The molecule has 0 saturated carbocycles. The first kappa shape index (κ1) is 13.5. The maximum atomic E-state index is 11.9. The molecule has 0 aliphatic carbocycles. The summed E-state index contributed by atoms with van der Waals surface area (Å²) >= 11 is 5.74. The van der Waals surface area contributed by atoms with E-state index >= 15 is 0 Å². The van der Waals surface area contributed by atoms with E-state index in [0.29, 0.717) is 16.6 Å². The number of anilines is 1. The van der Waals surface area contributed by atoms with Gasteiger partial charge in [-0.1, -0.05) is 16.8 Å². The number of halogens is 1. The van der Waals surface area contributed by atoms with Crippen LogP contribution in [-0.2, 0) is 11.3 Å². The van der Waals surface area contributed by atoms with Gasteiger partial charge in [-0.15, -0.1) is 0 Å². The highest BCUT2D eigenvalue weighted by Gasteiger charge is 2.13. The van der Waals surface area contributed by atoms with Crippen LogP contribution in [0.3, 0.4) is 0 Å². The molecule has 2 heterocycles. The van der Waals surface area contributed by atoms with Gasteiger partial charge in [-0.25, -0.2) is 4.98 Å². The highest BCUT2D eigenvalue weighted by atomic mass is 35.5. The predicted octanol–water partition coefficient (Wildman–Crippen LogP) is 2.43. The molecule has 2 aromatic heterocycles. The normalized spacial score (nSPS) is 10.5. The van der Waals surface area contributed by atoms with Gasteiger partial charge < -0.3 is 14.6 Å². The van der Waals surface area contributed by atoms with Crippen LogP contribution < -0.4 is 5.32 Å². The number of hydrogen-bond acceptors (Lipinski definition) is 5. The average molecular weight is 282 g/mol. The number of aryl methyl sites for hydroxylation is 1. The molecule has 7 heteroatoms. The Kier molecular flexibility index (Phi) is 4.13. The molecule has 1 amide bonds. The van der Waals surface area contributed by atoms with Gasteiger partial charge in [-0.3, -0.25) is 4.79 Å². The Bertz CT molecular complexity index is 598. The van der Waals surface area contributed by atoms with Gasteiger partial charge in [0.25, 0.3) is 5.91 Å². The van der Waals surface area contributed by atoms with Crippen LogP contribution in [0.1, 0.15) is 21.8 Å². The van der Waals surface area contributed by atoms with Crippen molar-refractivity contribution < 1.29 is 14.1 Å². The van der Waals surface area contributed by atoms with Gasteiger partial charge in [0.1, 0.15) is 11.8 Å². The summed E-state index contributed by atoms with van der Waals surface area (Å²) in [6.07, 6.45) is 1.49. The summed E-state index contributed by atoms with van der Waals surface area (Å²) in [5.74, 6) is 0.108.